The van der Waals surface area contributed by atoms with Gasteiger partial charge in [0.05, 0.1) is 0 Å². The SMILES string of the molecule is c1ccc(-c2ccc(-c3c4ccccc4c(-c4cc(-c5ccccc5)c5oc6ccc7oc8ccccc8c7c6c5c4)c4ccccc34)c3ccccc23)cc1. The first-order valence-corrected chi connectivity index (χ1v) is 19.2. The maximum Gasteiger partial charge on any atom is 0.143 e. The number of furan rings is 2. The molecule has 2 nitrogen and oxygen atoms in total. The molecule has 0 aliphatic rings. The third-order valence-corrected chi connectivity index (χ3v) is 11.7. The Morgan fingerprint density at radius 2 is 0.714 bits per heavy atom. The standard InChI is InChI=1S/C54H32O2/c1-3-15-33(16-4-1)36-27-28-43(38-20-8-7-19-37(36)38)51-41-23-11-9-21-39(41)50(40-22-10-12-24-42(40)51)35-31-45(34-17-5-2-6-18-34)54-46(32-35)53-49(56-54)30-29-48-52(53)44-25-13-14-26-47(44)55-48/h1-32H. The maximum absolute atomic E-state index is 6.85. The first-order valence-electron chi connectivity index (χ1n) is 19.2. The van der Waals surface area contributed by atoms with Crippen molar-refractivity contribution in [1.29, 1.82) is 0 Å². The highest BCUT2D eigenvalue weighted by molar-refractivity contribution is 6.29. The van der Waals surface area contributed by atoms with Crippen molar-refractivity contribution in [2.75, 3.05) is 0 Å². The highest BCUT2D eigenvalue weighted by Gasteiger charge is 2.23. The molecule has 12 rings (SSSR count). The van der Waals surface area contributed by atoms with Crippen molar-refractivity contribution in [3.05, 3.63) is 194 Å². The summed E-state index contributed by atoms with van der Waals surface area (Å²) in [5, 5.41) is 11.7. The Bertz CT molecular complexity index is 3460. The van der Waals surface area contributed by atoms with Crippen molar-refractivity contribution in [2.45, 2.75) is 0 Å². The second-order valence-electron chi connectivity index (χ2n) is 14.7. The molecule has 10 aromatic carbocycles. The molecule has 0 spiro atoms. The topological polar surface area (TPSA) is 26.3 Å². The molecule has 0 unspecified atom stereocenters. The summed E-state index contributed by atoms with van der Waals surface area (Å²) in [6.45, 7) is 0. The number of fused-ring (bicyclic) bond motifs is 10. The molecular weight excluding hydrogens is 681 g/mol. The number of rotatable bonds is 4. The van der Waals surface area contributed by atoms with Crippen LogP contribution < -0.4 is 0 Å². The zero-order chi connectivity index (χ0) is 36.7. The molecule has 2 heterocycles. The van der Waals surface area contributed by atoms with Gasteiger partial charge in [0.15, 0.2) is 0 Å². The first kappa shape index (κ1) is 31.0. The average molecular weight is 713 g/mol. The minimum atomic E-state index is 0.851. The molecule has 0 N–H and O–H groups in total. The molecular formula is C54H32O2. The molecule has 0 radical (unpaired) electrons. The predicted octanol–water partition coefficient (Wildman–Crippen LogP) is 15.6. The molecule has 12 aromatic rings. The van der Waals surface area contributed by atoms with E-state index in [0.29, 0.717) is 0 Å². The average Bonchev–Trinajstić information content (AvgIpc) is 3.84. The van der Waals surface area contributed by atoms with Gasteiger partial charge in [0.25, 0.3) is 0 Å². The maximum atomic E-state index is 6.85. The van der Waals surface area contributed by atoms with Crippen LogP contribution in [0.2, 0.25) is 0 Å². The van der Waals surface area contributed by atoms with Crippen molar-refractivity contribution in [3.63, 3.8) is 0 Å². The molecule has 0 saturated heterocycles. The van der Waals surface area contributed by atoms with Crippen LogP contribution in [0, 0.1) is 0 Å². The van der Waals surface area contributed by atoms with Crippen LogP contribution in [0.5, 0.6) is 0 Å². The monoisotopic (exact) mass is 712 g/mol. The van der Waals surface area contributed by atoms with Crippen molar-refractivity contribution < 1.29 is 8.83 Å². The summed E-state index contributed by atoms with van der Waals surface area (Å²) in [5.41, 5.74) is 12.9. The van der Waals surface area contributed by atoms with Crippen molar-refractivity contribution in [2.24, 2.45) is 0 Å². The van der Waals surface area contributed by atoms with E-state index in [-0.39, 0.29) is 0 Å². The lowest BCUT2D eigenvalue weighted by atomic mass is 9.83. The van der Waals surface area contributed by atoms with Crippen LogP contribution in [0.1, 0.15) is 0 Å². The second kappa shape index (κ2) is 12.0. The van der Waals surface area contributed by atoms with Crippen LogP contribution >= 0.6 is 0 Å². The van der Waals surface area contributed by atoms with Crippen LogP contribution in [0.3, 0.4) is 0 Å². The van der Waals surface area contributed by atoms with Crippen LogP contribution in [-0.4, -0.2) is 0 Å². The fraction of sp³-hybridized carbons (Fsp3) is 0. The molecule has 0 saturated carbocycles. The summed E-state index contributed by atoms with van der Waals surface area (Å²) < 4.78 is 13.2. The third kappa shape index (κ3) is 4.50. The lowest BCUT2D eigenvalue weighted by Gasteiger charge is -2.20. The van der Waals surface area contributed by atoms with Crippen LogP contribution in [0.15, 0.2) is 203 Å². The lowest BCUT2D eigenvalue weighted by Crippen LogP contribution is -1.93. The van der Waals surface area contributed by atoms with Gasteiger partial charge in [-0.05, 0) is 102 Å². The van der Waals surface area contributed by atoms with E-state index >= 15 is 0 Å². The smallest absolute Gasteiger partial charge is 0.143 e. The number of hydrogen-bond donors (Lipinski definition) is 0. The van der Waals surface area contributed by atoms with E-state index in [9.17, 15) is 0 Å². The molecule has 260 valence electrons. The fourth-order valence-electron chi connectivity index (χ4n) is 9.28. The van der Waals surface area contributed by atoms with Gasteiger partial charge >= 0.3 is 0 Å². The van der Waals surface area contributed by atoms with Gasteiger partial charge in [-0.1, -0.05) is 164 Å². The van der Waals surface area contributed by atoms with Crippen molar-refractivity contribution in [3.8, 4) is 44.5 Å². The molecule has 0 aliphatic heterocycles. The minimum absolute atomic E-state index is 0.851. The molecule has 0 bridgehead atoms. The quantitative estimate of drug-likeness (QED) is 0.170. The Morgan fingerprint density at radius 1 is 0.250 bits per heavy atom. The van der Waals surface area contributed by atoms with E-state index in [4.69, 9.17) is 8.83 Å². The highest BCUT2D eigenvalue weighted by Crippen LogP contribution is 2.49. The van der Waals surface area contributed by atoms with Gasteiger partial charge in [-0.2, -0.15) is 0 Å². The minimum Gasteiger partial charge on any atom is -0.456 e. The van der Waals surface area contributed by atoms with Gasteiger partial charge in [-0.15, -0.1) is 0 Å². The lowest BCUT2D eigenvalue weighted by molar-refractivity contribution is 0.663. The molecule has 0 aliphatic carbocycles. The molecule has 56 heavy (non-hydrogen) atoms. The van der Waals surface area contributed by atoms with Gasteiger partial charge < -0.3 is 8.83 Å². The molecule has 2 aromatic heterocycles. The number of hydrogen-bond acceptors (Lipinski definition) is 2. The number of para-hydroxylation sites is 1. The summed E-state index contributed by atoms with van der Waals surface area (Å²) in [4.78, 5) is 0. The van der Waals surface area contributed by atoms with E-state index in [2.05, 4.69) is 176 Å². The summed E-state index contributed by atoms with van der Waals surface area (Å²) >= 11 is 0. The van der Waals surface area contributed by atoms with E-state index in [1.165, 1.54) is 60.1 Å². The van der Waals surface area contributed by atoms with Gasteiger partial charge in [-0.3, -0.25) is 0 Å². The van der Waals surface area contributed by atoms with E-state index in [0.717, 1.165) is 60.6 Å². The van der Waals surface area contributed by atoms with Gasteiger partial charge in [0.1, 0.15) is 22.3 Å². The van der Waals surface area contributed by atoms with Gasteiger partial charge in [0.2, 0.25) is 0 Å². The third-order valence-electron chi connectivity index (χ3n) is 11.7. The van der Waals surface area contributed by atoms with Gasteiger partial charge in [0, 0.05) is 27.1 Å². The Kier molecular flexibility index (Phi) is 6.66. The highest BCUT2D eigenvalue weighted by atomic mass is 16.3. The summed E-state index contributed by atoms with van der Waals surface area (Å²) in [6.07, 6.45) is 0. The zero-order valence-electron chi connectivity index (χ0n) is 30.3. The summed E-state index contributed by atoms with van der Waals surface area (Å²) in [5.74, 6) is 0. The Balaban J connectivity index is 1.20. The van der Waals surface area contributed by atoms with E-state index in [1.807, 2.05) is 18.2 Å². The Morgan fingerprint density at radius 3 is 1.36 bits per heavy atom. The molecule has 0 atom stereocenters. The molecule has 2 heteroatoms. The number of benzene rings is 10. The second-order valence-corrected chi connectivity index (χ2v) is 14.7. The van der Waals surface area contributed by atoms with Crippen molar-refractivity contribution in [1.82, 2.24) is 0 Å². The largest absolute Gasteiger partial charge is 0.456 e. The van der Waals surface area contributed by atoms with Crippen LogP contribution in [0.4, 0.5) is 0 Å². The van der Waals surface area contributed by atoms with E-state index in [1.54, 1.807) is 0 Å². The van der Waals surface area contributed by atoms with Gasteiger partial charge in [-0.25, -0.2) is 0 Å². The normalized spacial score (nSPS) is 11.9. The van der Waals surface area contributed by atoms with Crippen LogP contribution in [0.25, 0.3) is 121 Å². The first-order chi connectivity index (χ1) is 27.8. The summed E-state index contributed by atoms with van der Waals surface area (Å²) in [7, 11) is 0. The van der Waals surface area contributed by atoms with Crippen LogP contribution in [-0.2, 0) is 0 Å². The molecule has 0 amide bonds. The Labute approximate surface area is 322 Å². The molecule has 0 fully saturated rings. The van der Waals surface area contributed by atoms with Crippen molar-refractivity contribution >= 4 is 76.2 Å². The zero-order valence-corrected chi connectivity index (χ0v) is 30.3. The Hall–Kier alpha value is -7.42. The van der Waals surface area contributed by atoms with E-state index < -0.39 is 0 Å². The fourth-order valence-corrected chi connectivity index (χ4v) is 9.28. The predicted molar refractivity (Wildman–Crippen MR) is 235 cm³/mol. The summed E-state index contributed by atoms with van der Waals surface area (Å²) in [6, 6.07) is 69.8.